The molecule has 2 heterocycles. The lowest BCUT2D eigenvalue weighted by molar-refractivity contribution is -0.0383. The Balaban J connectivity index is 1.58. The van der Waals surface area contributed by atoms with Crippen molar-refractivity contribution < 1.29 is 23.8 Å². The lowest BCUT2D eigenvalue weighted by Crippen LogP contribution is -2.34. The molecule has 0 bridgehead atoms. The molecule has 2 aromatic carbocycles. The molecule has 34 heavy (non-hydrogen) atoms. The van der Waals surface area contributed by atoms with Gasteiger partial charge in [-0.1, -0.05) is 24.3 Å². The summed E-state index contributed by atoms with van der Waals surface area (Å²) in [5, 5.41) is 12.2. The number of aryl methyl sites for hydroxylation is 2. The summed E-state index contributed by atoms with van der Waals surface area (Å²) in [6.45, 7) is 6.42. The van der Waals surface area contributed by atoms with Crippen LogP contribution >= 0.6 is 11.3 Å². The van der Waals surface area contributed by atoms with Gasteiger partial charge in [0.1, 0.15) is 5.82 Å². The molecule has 5 nitrogen and oxygen atoms in total. The molecule has 1 amide bonds. The third kappa shape index (κ3) is 5.37. The fraction of sp³-hybridized carbons (Fsp3) is 0.333. The maximum atomic E-state index is 13.5. The van der Waals surface area contributed by atoms with Crippen LogP contribution in [0.25, 0.3) is 0 Å². The standard InChI is InChI=1S/C27H28FNO4S/c1-16(18-7-9-19(10-8-18)26(31)32)29-25(30)24-21-14-27(2,3)33-15-23(21)34-22(24)13-6-17-4-11-20(28)12-5-17/h4-5,7-12,16H,6,13-15H2,1-3H3,(H,29,30)(H,31,32)/t16-/m0/s1. The third-order valence-electron chi connectivity index (χ3n) is 6.15. The topological polar surface area (TPSA) is 75.6 Å². The molecule has 0 aliphatic carbocycles. The minimum atomic E-state index is -0.983. The predicted molar refractivity (Wildman–Crippen MR) is 130 cm³/mol. The van der Waals surface area contributed by atoms with E-state index in [1.54, 1.807) is 47.7 Å². The average Bonchev–Trinajstić information content (AvgIpc) is 3.15. The molecule has 2 N–H and O–H groups in total. The number of fused-ring (bicyclic) bond motifs is 1. The molecule has 1 aromatic heterocycles. The highest BCUT2D eigenvalue weighted by Gasteiger charge is 2.33. The van der Waals surface area contributed by atoms with Crippen molar-refractivity contribution in [2.24, 2.45) is 0 Å². The van der Waals surface area contributed by atoms with Gasteiger partial charge in [-0.3, -0.25) is 4.79 Å². The van der Waals surface area contributed by atoms with Crippen molar-refractivity contribution in [1.82, 2.24) is 5.32 Å². The molecule has 0 radical (unpaired) electrons. The van der Waals surface area contributed by atoms with Crippen molar-refractivity contribution >= 4 is 23.2 Å². The molecule has 0 spiro atoms. The van der Waals surface area contributed by atoms with E-state index in [-0.39, 0.29) is 28.9 Å². The number of carbonyl (C=O) groups excluding carboxylic acids is 1. The Morgan fingerprint density at radius 3 is 2.44 bits per heavy atom. The summed E-state index contributed by atoms with van der Waals surface area (Å²) in [4.78, 5) is 26.7. The van der Waals surface area contributed by atoms with Crippen molar-refractivity contribution in [3.63, 3.8) is 0 Å². The average molecular weight is 482 g/mol. The van der Waals surface area contributed by atoms with Crippen LogP contribution in [0.5, 0.6) is 0 Å². The molecular formula is C27H28FNO4S. The van der Waals surface area contributed by atoms with Crippen molar-refractivity contribution in [1.29, 1.82) is 0 Å². The second kappa shape index (κ2) is 9.68. The summed E-state index contributed by atoms with van der Waals surface area (Å²) in [7, 11) is 0. The van der Waals surface area contributed by atoms with Gasteiger partial charge >= 0.3 is 5.97 Å². The highest BCUT2D eigenvalue weighted by molar-refractivity contribution is 7.12. The molecule has 0 unspecified atom stereocenters. The molecule has 4 rings (SSSR count). The second-order valence-electron chi connectivity index (χ2n) is 9.28. The van der Waals surface area contributed by atoms with E-state index in [1.165, 1.54) is 12.1 Å². The summed E-state index contributed by atoms with van der Waals surface area (Å²) >= 11 is 1.62. The van der Waals surface area contributed by atoms with E-state index in [1.807, 2.05) is 20.8 Å². The minimum Gasteiger partial charge on any atom is -0.478 e. The number of rotatable bonds is 7. The molecule has 1 aliphatic heterocycles. The second-order valence-corrected chi connectivity index (χ2v) is 10.5. The van der Waals surface area contributed by atoms with Crippen LogP contribution in [0.3, 0.4) is 0 Å². The first kappa shape index (κ1) is 24.1. The van der Waals surface area contributed by atoms with Crippen molar-refractivity contribution in [3.05, 3.63) is 91.9 Å². The molecule has 3 aromatic rings. The van der Waals surface area contributed by atoms with Gasteiger partial charge in [-0.05, 0) is 74.6 Å². The van der Waals surface area contributed by atoms with Gasteiger partial charge in [0.15, 0.2) is 0 Å². The van der Waals surface area contributed by atoms with Gasteiger partial charge in [0.2, 0.25) is 0 Å². The zero-order valence-electron chi connectivity index (χ0n) is 19.5. The van der Waals surface area contributed by atoms with E-state index in [4.69, 9.17) is 9.84 Å². The summed E-state index contributed by atoms with van der Waals surface area (Å²) in [5.74, 6) is -1.39. The number of thiophene rings is 1. The van der Waals surface area contributed by atoms with E-state index in [0.29, 0.717) is 31.4 Å². The Morgan fingerprint density at radius 1 is 1.12 bits per heavy atom. The van der Waals surface area contributed by atoms with Gasteiger partial charge in [-0.15, -0.1) is 11.3 Å². The summed E-state index contributed by atoms with van der Waals surface area (Å²) in [6.07, 6.45) is 2.03. The normalized spacial score (nSPS) is 15.4. The molecule has 7 heteroatoms. The Kier molecular flexibility index (Phi) is 6.86. The van der Waals surface area contributed by atoms with Gasteiger partial charge in [-0.2, -0.15) is 0 Å². The predicted octanol–water partition coefficient (Wildman–Crippen LogP) is 5.71. The van der Waals surface area contributed by atoms with Gasteiger partial charge in [0.05, 0.1) is 29.4 Å². The summed E-state index contributed by atoms with van der Waals surface area (Å²) < 4.78 is 19.3. The zero-order valence-corrected chi connectivity index (χ0v) is 20.3. The van der Waals surface area contributed by atoms with Crippen LogP contribution in [0.4, 0.5) is 4.39 Å². The maximum absolute atomic E-state index is 13.5. The van der Waals surface area contributed by atoms with Crippen LogP contribution in [0.15, 0.2) is 48.5 Å². The van der Waals surface area contributed by atoms with E-state index >= 15 is 0 Å². The quantitative estimate of drug-likeness (QED) is 0.453. The first-order valence-electron chi connectivity index (χ1n) is 11.3. The van der Waals surface area contributed by atoms with Crippen LogP contribution in [-0.4, -0.2) is 22.6 Å². The van der Waals surface area contributed by atoms with E-state index < -0.39 is 5.97 Å². The van der Waals surface area contributed by atoms with Gasteiger partial charge in [0, 0.05) is 16.2 Å². The van der Waals surface area contributed by atoms with Crippen molar-refractivity contribution in [2.75, 3.05) is 0 Å². The molecule has 1 atom stereocenters. The molecule has 0 saturated carbocycles. The highest BCUT2D eigenvalue weighted by Crippen LogP contribution is 2.38. The number of nitrogens with one attached hydrogen (secondary N) is 1. The first-order chi connectivity index (χ1) is 16.1. The number of benzene rings is 2. The number of amides is 1. The smallest absolute Gasteiger partial charge is 0.335 e. The fourth-order valence-electron chi connectivity index (χ4n) is 4.23. The first-order valence-corrected chi connectivity index (χ1v) is 12.1. The van der Waals surface area contributed by atoms with E-state index in [9.17, 15) is 14.0 Å². The minimum absolute atomic E-state index is 0.140. The number of hydrogen-bond acceptors (Lipinski definition) is 4. The Morgan fingerprint density at radius 2 is 1.79 bits per heavy atom. The number of carboxylic acid groups (broad SMARTS) is 1. The Bertz CT molecular complexity index is 1200. The van der Waals surface area contributed by atoms with Crippen LogP contribution in [0.1, 0.15) is 74.0 Å². The van der Waals surface area contributed by atoms with Crippen molar-refractivity contribution in [2.45, 2.75) is 58.3 Å². The molecule has 1 aliphatic rings. The van der Waals surface area contributed by atoms with Gasteiger partial charge < -0.3 is 15.2 Å². The monoisotopic (exact) mass is 481 g/mol. The van der Waals surface area contributed by atoms with Gasteiger partial charge in [-0.25, -0.2) is 9.18 Å². The maximum Gasteiger partial charge on any atom is 0.335 e. The van der Waals surface area contributed by atoms with E-state index in [2.05, 4.69) is 5.32 Å². The Hall–Kier alpha value is -3.03. The number of carbonyl (C=O) groups is 2. The van der Waals surface area contributed by atoms with E-state index in [0.717, 1.165) is 26.4 Å². The molecular weight excluding hydrogens is 453 g/mol. The lowest BCUT2D eigenvalue weighted by atomic mass is 9.91. The molecule has 0 saturated heterocycles. The van der Waals surface area contributed by atoms with Crippen LogP contribution < -0.4 is 5.32 Å². The molecule has 0 fully saturated rings. The number of carboxylic acids is 1. The van der Waals surface area contributed by atoms with Crippen LogP contribution in [-0.2, 0) is 30.6 Å². The number of aromatic carboxylic acids is 1. The third-order valence-corrected chi connectivity index (χ3v) is 7.41. The number of halogens is 1. The highest BCUT2D eigenvalue weighted by atomic mass is 32.1. The Labute approximate surface area is 202 Å². The summed E-state index contributed by atoms with van der Waals surface area (Å²) in [6, 6.07) is 12.7. The molecule has 178 valence electrons. The fourth-order valence-corrected chi connectivity index (χ4v) is 5.46. The zero-order chi connectivity index (χ0) is 24.5. The van der Waals surface area contributed by atoms with Crippen LogP contribution in [0.2, 0.25) is 0 Å². The number of hydrogen-bond donors (Lipinski definition) is 2. The van der Waals surface area contributed by atoms with Crippen molar-refractivity contribution in [3.8, 4) is 0 Å². The van der Waals surface area contributed by atoms with Gasteiger partial charge in [0.25, 0.3) is 5.91 Å². The number of ether oxygens (including phenoxy) is 1. The lowest BCUT2D eigenvalue weighted by Gasteiger charge is -2.30. The SMILES string of the molecule is C[C@H](NC(=O)c1c(CCc2ccc(F)cc2)sc2c1CC(C)(C)OC2)c1ccc(C(=O)O)cc1. The largest absolute Gasteiger partial charge is 0.478 e. The summed E-state index contributed by atoms with van der Waals surface area (Å²) in [5.41, 5.74) is 3.46. The van der Waals surface area contributed by atoms with Crippen LogP contribution in [0, 0.1) is 5.82 Å².